The number of hydrogen-bond donors (Lipinski definition) is 1. The summed E-state index contributed by atoms with van der Waals surface area (Å²) in [7, 11) is 0. The highest BCUT2D eigenvalue weighted by atomic mass is 35.5. The molecule has 0 unspecified atom stereocenters. The van der Waals surface area contributed by atoms with E-state index >= 15 is 0 Å². The van der Waals surface area contributed by atoms with E-state index in [4.69, 9.17) is 34.8 Å². The van der Waals surface area contributed by atoms with Crippen LogP contribution in [0.15, 0.2) is 36.5 Å². The van der Waals surface area contributed by atoms with Gasteiger partial charge >= 0.3 is 0 Å². The Hall–Kier alpha value is -1.99. The highest BCUT2D eigenvalue weighted by molar-refractivity contribution is 7.18. The van der Waals surface area contributed by atoms with Crippen LogP contribution >= 0.6 is 46.1 Å². The van der Waals surface area contributed by atoms with E-state index in [2.05, 4.69) is 15.3 Å². The maximum Gasteiger partial charge on any atom is 0.277 e. The van der Waals surface area contributed by atoms with Crippen LogP contribution in [0.2, 0.25) is 15.1 Å². The van der Waals surface area contributed by atoms with Crippen molar-refractivity contribution in [1.29, 1.82) is 0 Å². The van der Waals surface area contributed by atoms with Gasteiger partial charge in [0.25, 0.3) is 5.91 Å². The van der Waals surface area contributed by atoms with E-state index in [0.29, 0.717) is 10.6 Å². The summed E-state index contributed by atoms with van der Waals surface area (Å²) in [4.78, 5) is 33.1. The van der Waals surface area contributed by atoms with E-state index in [1.165, 1.54) is 13.1 Å². The van der Waals surface area contributed by atoms with Crippen LogP contribution < -0.4 is 5.32 Å². The minimum absolute atomic E-state index is 0.0435. The molecule has 0 fully saturated rings. The lowest BCUT2D eigenvalue weighted by atomic mass is 10.1. The maximum absolute atomic E-state index is 12.4. The molecule has 5 nitrogen and oxygen atoms in total. The van der Waals surface area contributed by atoms with E-state index in [1.807, 2.05) is 30.3 Å². The van der Waals surface area contributed by atoms with E-state index in [1.54, 1.807) is 0 Å². The second-order valence-electron chi connectivity index (χ2n) is 5.16. The van der Waals surface area contributed by atoms with Crippen molar-refractivity contribution in [2.24, 2.45) is 0 Å². The van der Waals surface area contributed by atoms with Crippen LogP contribution in [0.4, 0.5) is 5.13 Å². The van der Waals surface area contributed by atoms with Gasteiger partial charge in [-0.15, -0.1) is 0 Å². The molecule has 2 heterocycles. The highest BCUT2D eigenvalue weighted by Gasteiger charge is 2.21. The lowest BCUT2D eigenvalue weighted by molar-refractivity contribution is 0.101. The minimum atomic E-state index is -0.600. The van der Waals surface area contributed by atoms with Crippen LogP contribution in [0, 0.1) is 0 Å². The van der Waals surface area contributed by atoms with Gasteiger partial charge in [-0.1, -0.05) is 76.5 Å². The van der Waals surface area contributed by atoms with Crippen LogP contribution in [0.5, 0.6) is 0 Å². The van der Waals surface area contributed by atoms with Crippen molar-refractivity contribution < 1.29 is 9.59 Å². The van der Waals surface area contributed by atoms with Gasteiger partial charge in [0.05, 0.1) is 25.6 Å². The van der Waals surface area contributed by atoms with Gasteiger partial charge in [-0.3, -0.25) is 14.9 Å². The van der Waals surface area contributed by atoms with Crippen LogP contribution in [0.25, 0.3) is 11.3 Å². The van der Waals surface area contributed by atoms with Gasteiger partial charge in [0, 0.05) is 18.7 Å². The number of thiazole rings is 1. The molecular weight excluding hydrogens is 417 g/mol. The molecule has 0 aliphatic heterocycles. The number of amides is 1. The average Bonchev–Trinajstić information content (AvgIpc) is 3.04. The molecule has 1 aromatic carbocycles. The molecule has 26 heavy (non-hydrogen) atoms. The lowest BCUT2D eigenvalue weighted by Crippen LogP contribution is -2.14. The number of carbonyl (C=O) groups excluding carboxylic acids is 2. The lowest BCUT2D eigenvalue weighted by Gasteiger charge is -2.05. The molecular formula is C17H10Cl3N3O2S. The van der Waals surface area contributed by atoms with Gasteiger partial charge in [0.1, 0.15) is 5.69 Å². The van der Waals surface area contributed by atoms with Gasteiger partial charge in [-0.05, 0) is 0 Å². The number of rotatable bonds is 4. The van der Waals surface area contributed by atoms with Gasteiger partial charge in [-0.2, -0.15) is 0 Å². The molecule has 3 rings (SSSR count). The predicted octanol–water partition coefficient (Wildman–Crippen LogP) is 5.62. The molecule has 0 radical (unpaired) electrons. The molecule has 0 aliphatic rings. The number of aromatic nitrogens is 2. The Morgan fingerprint density at radius 3 is 2.42 bits per heavy atom. The van der Waals surface area contributed by atoms with Crippen molar-refractivity contribution in [3.05, 3.63) is 62.2 Å². The van der Waals surface area contributed by atoms with Crippen molar-refractivity contribution in [3.63, 3.8) is 0 Å². The van der Waals surface area contributed by atoms with Crippen molar-refractivity contribution in [1.82, 2.24) is 9.97 Å². The Morgan fingerprint density at radius 2 is 1.77 bits per heavy atom. The summed E-state index contributed by atoms with van der Waals surface area (Å²) in [5, 5.41) is 2.99. The largest absolute Gasteiger partial charge is 0.296 e. The standard InChI is InChI=1S/C17H10Cl3N3O2S/c1-8(24)15-13(9-5-3-2-4-6-9)22-17(26-15)23-16(25)14-12(20)11(19)10(18)7-21-14/h2-7H,1H3,(H,22,23,25). The number of Topliss-reactive ketones (excluding diaryl/α,β-unsaturated/α-hetero) is 1. The van der Waals surface area contributed by atoms with Crippen molar-refractivity contribution >= 4 is 63.0 Å². The molecule has 3 aromatic rings. The van der Waals surface area contributed by atoms with E-state index < -0.39 is 5.91 Å². The SMILES string of the molecule is CC(=O)c1sc(NC(=O)c2ncc(Cl)c(Cl)c2Cl)nc1-c1ccccc1. The van der Waals surface area contributed by atoms with Gasteiger partial charge in [0.2, 0.25) is 0 Å². The number of hydrogen-bond acceptors (Lipinski definition) is 5. The molecule has 132 valence electrons. The summed E-state index contributed by atoms with van der Waals surface area (Å²) in [5.41, 5.74) is 1.20. The summed E-state index contributed by atoms with van der Waals surface area (Å²) < 4.78 is 0. The normalized spacial score (nSPS) is 10.6. The number of carbonyl (C=O) groups is 2. The highest BCUT2D eigenvalue weighted by Crippen LogP contribution is 2.34. The van der Waals surface area contributed by atoms with Gasteiger partial charge < -0.3 is 0 Å². The Bertz CT molecular complexity index is 1010. The first-order chi connectivity index (χ1) is 12.4. The van der Waals surface area contributed by atoms with E-state index in [0.717, 1.165) is 16.9 Å². The summed E-state index contributed by atoms with van der Waals surface area (Å²) in [6, 6.07) is 9.23. The summed E-state index contributed by atoms with van der Waals surface area (Å²) in [6.45, 7) is 1.45. The fourth-order valence-corrected chi connectivity index (χ4v) is 3.61. The number of benzene rings is 1. The smallest absolute Gasteiger partial charge is 0.277 e. The number of pyridine rings is 1. The van der Waals surface area contributed by atoms with Crippen LogP contribution in [0.1, 0.15) is 27.1 Å². The Morgan fingerprint density at radius 1 is 1.08 bits per heavy atom. The molecule has 0 spiro atoms. The third-order valence-electron chi connectivity index (χ3n) is 3.35. The zero-order chi connectivity index (χ0) is 18.8. The van der Waals surface area contributed by atoms with Crippen LogP contribution in [-0.4, -0.2) is 21.7 Å². The summed E-state index contributed by atoms with van der Waals surface area (Å²) >= 11 is 18.9. The monoisotopic (exact) mass is 425 g/mol. The number of halogens is 3. The van der Waals surface area contributed by atoms with E-state index in [9.17, 15) is 9.59 Å². The Kier molecular flexibility index (Phi) is 5.58. The minimum Gasteiger partial charge on any atom is -0.296 e. The summed E-state index contributed by atoms with van der Waals surface area (Å²) in [6.07, 6.45) is 1.24. The zero-order valence-electron chi connectivity index (χ0n) is 13.2. The molecule has 0 atom stereocenters. The third-order valence-corrected chi connectivity index (χ3v) is 5.66. The molecule has 0 saturated carbocycles. The van der Waals surface area contributed by atoms with Crippen molar-refractivity contribution in [2.75, 3.05) is 5.32 Å². The second-order valence-corrected chi connectivity index (χ2v) is 7.32. The number of nitrogens with zero attached hydrogens (tertiary/aromatic N) is 2. The average molecular weight is 427 g/mol. The van der Waals surface area contributed by atoms with Gasteiger partial charge in [-0.25, -0.2) is 9.97 Å². The topological polar surface area (TPSA) is 72.0 Å². The fourth-order valence-electron chi connectivity index (χ4n) is 2.16. The Labute approximate surface area is 168 Å². The third kappa shape index (κ3) is 3.73. The molecule has 0 bridgehead atoms. The zero-order valence-corrected chi connectivity index (χ0v) is 16.3. The first kappa shape index (κ1) is 18.8. The molecule has 9 heteroatoms. The number of nitrogens with one attached hydrogen (secondary N) is 1. The maximum atomic E-state index is 12.4. The quantitative estimate of drug-likeness (QED) is 0.550. The molecule has 0 aliphatic carbocycles. The molecule has 1 amide bonds. The predicted molar refractivity (Wildman–Crippen MR) is 105 cm³/mol. The molecule has 0 saturated heterocycles. The van der Waals surface area contributed by atoms with Crippen molar-refractivity contribution in [3.8, 4) is 11.3 Å². The number of anilines is 1. The first-order valence-electron chi connectivity index (χ1n) is 7.26. The van der Waals surface area contributed by atoms with Crippen LogP contribution in [-0.2, 0) is 0 Å². The second kappa shape index (κ2) is 7.72. The van der Waals surface area contributed by atoms with Gasteiger partial charge in [0.15, 0.2) is 10.9 Å². The first-order valence-corrected chi connectivity index (χ1v) is 9.21. The molecule has 2 aromatic heterocycles. The van der Waals surface area contributed by atoms with E-state index in [-0.39, 0.29) is 31.7 Å². The fraction of sp³-hybridized carbons (Fsp3) is 0.0588. The Balaban J connectivity index is 1.95. The van der Waals surface area contributed by atoms with Crippen LogP contribution in [0.3, 0.4) is 0 Å². The number of ketones is 1. The van der Waals surface area contributed by atoms with Crippen molar-refractivity contribution in [2.45, 2.75) is 6.92 Å². The molecule has 1 N–H and O–H groups in total. The summed E-state index contributed by atoms with van der Waals surface area (Å²) in [5.74, 6) is -0.746.